The average Bonchev–Trinajstić information content (AvgIpc) is 2.41. The molecule has 0 saturated heterocycles. The van der Waals surface area contributed by atoms with Gasteiger partial charge in [0, 0.05) is 16.3 Å². The molecule has 5 heteroatoms. The number of hydrogen-bond donors (Lipinski definition) is 1. The summed E-state index contributed by atoms with van der Waals surface area (Å²) in [6, 6.07) is 7.04. The molecule has 2 rings (SSSR count). The molecule has 2 aromatic rings. The predicted octanol–water partition coefficient (Wildman–Crippen LogP) is 2.89. The molecule has 4 nitrogen and oxygen atoms in total. The zero-order valence-corrected chi connectivity index (χ0v) is 11.9. The lowest BCUT2D eigenvalue weighted by Crippen LogP contribution is -2.12. The number of phenolic OH excluding ortho intramolecular Hbond substituents is 1. The van der Waals surface area contributed by atoms with Gasteiger partial charge in [-0.2, -0.15) is 8.42 Å². The van der Waals surface area contributed by atoms with Crippen LogP contribution in [0.3, 0.4) is 0 Å². The van der Waals surface area contributed by atoms with Crippen LogP contribution in [0.5, 0.6) is 11.5 Å². The molecule has 0 aliphatic carbocycles. The van der Waals surface area contributed by atoms with Crippen LogP contribution in [0.1, 0.15) is 18.1 Å². The fraction of sp³-hybridized carbons (Fsp3) is 0.286. The zero-order chi connectivity index (χ0) is 14.2. The van der Waals surface area contributed by atoms with Crippen molar-refractivity contribution in [2.24, 2.45) is 0 Å². The second-order valence-corrected chi connectivity index (χ2v) is 6.26. The van der Waals surface area contributed by atoms with Gasteiger partial charge in [-0.25, -0.2) is 0 Å². The lowest BCUT2D eigenvalue weighted by atomic mass is 10.00. The minimum atomic E-state index is -3.60. The van der Waals surface area contributed by atoms with Crippen LogP contribution in [-0.2, 0) is 10.1 Å². The first-order valence-corrected chi connectivity index (χ1v) is 7.58. The molecule has 19 heavy (non-hydrogen) atoms. The van der Waals surface area contributed by atoms with Crippen LogP contribution in [0.15, 0.2) is 24.3 Å². The Hall–Kier alpha value is -1.75. The maximum absolute atomic E-state index is 11.7. The van der Waals surface area contributed by atoms with Crippen LogP contribution in [0.2, 0.25) is 0 Å². The smallest absolute Gasteiger partial charge is 0.308 e. The van der Waals surface area contributed by atoms with Gasteiger partial charge >= 0.3 is 10.1 Å². The van der Waals surface area contributed by atoms with Crippen LogP contribution < -0.4 is 4.18 Å². The van der Waals surface area contributed by atoms with Gasteiger partial charge in [-0.15, -0.1) is 0 Å². The van der Waals surface area contributed by atoms with E-state index < -0.39 is 10.1 Å². The van der Waals surface area contributed by atoms with E-state index in [9.17, 15) is 13.5 Å². The monoisotopic (exact) mass is 280 g/mol. The van der Waals surface area contributed by atoms with Crippen molar-refractivity contribution in [3.05, 3.63) is 35.4 Å². The van der Waals surface area contributed by atoms with Gasteiger partial charge in [0.1, 0.15) is 5.75 Å². The summed E-state index contributed by atoms with van der Waals surface area (Å²) in [7, 11) is -3.60. The summed E-state index contributed by atoms with van der Waals surface area (Å²) in [6.45, 7) is 5.00. The first kappa shape index (κ1) is 13.7. The molecule has 0 atom stereocenters. The van der Waals surface area contributed by atoms with Crippen molar-refractivity contribution in [2.45, 2.75) is 20.8 Å². The number of aromatic hydroxyl groups is 1. The summed E-state index contributed by atoms with van der Waals surface area (Å²) in [5, 5.41) is 11.3. The van der Waals surface area contributed by atoms with Crippen LogP contribution in [0.25, 0.3) is 10.8 Å². The largest absolute Gasteiger partial charge is 0.507 e. The summed E-state index contributed by atoms with van der Waals surface area (Å²) >= 11 is 0. The molecule has 0 aliphatic rings. The van der Waals surface area contributed by atoms with Crippen molar-refractivity contribution in [2.75, 3.05) is 5.75 Å². The predicted molar refractivity (Wildman–Crippen MR) is 75.2 cm³/mol. The second kappa shape index (κ2) is 4.74. The standard InChI is InChI=1S/C14H16O4S/c1-4-19(16,17)18-14-10(3)9(2)13(15)11-7-5-6-8-12(11)14/h5-8,15H,4H2,1-3H3. The van der Waals surface area contributed by atoms with E-state index in [1.165, 1.54) is 6.92 Å². The van der Waals surface area contributed by atoms with Gasteiger partial charge in [-0.3, -0.25) is 0 Å². The van der Waals surface area contributed by atoms with Gasteiger partial charge in [0.15, 0.2) is 5.75 Å². The number of hydrogen-bond acceptors (Lipinski definition) is 4. The first-order chi connectivity index (χ1) is 8.87. The van der Waals surface area contributed by atoms with Crippen molar-refractivity contribution in [3.8, 4) is 11.5 Å². The molecule has 0 aromatic heterocycles. The number of phenols is 1. The summed E-state index contributed by atoms with van der Waals surface area (Å²) < 4.78 is 28.5. The Morgan fingerprint density at radius 1 is 1.11 bits per heavy atom. The fourth-order valence-corrected chi connectivity index (χ4v) is 2.52. The molecule has 0 aliphatic heterocycles. The topological polar surface area (TPSA) is 63.6 Å². The van der Waals surface area contributed by atoms with E-state index in [0.29, 0.717) is 27.6 Å². The molecule has 0 amide bonds. The Bertz CT molecular complexity index is 733. The third-order valence-electron chi connectivity index (χ3n) is 3.25. The highest BCUT2D eigenvalue weighted by molar-refractivity contribution is 7.87. The van der Waals surface area contributed by atoms with Crippen molar-refractivity contribution in [1.82, 2.24) is 0 Å². The lowest BCUT2D eigenvalue weighted by molar-refractivity contribution is 0.471. The molecule has 2 aromatic carbocycles. The third-order valence-corrected chi connectivity index (χ3v) is 4.38. The number of rotatable bonds is 3. The van der Waals surface area contributed by atoms with E-state index in [-0.39, 0.29) is 11.5 Å². The van der Waals surface area contributed by atoms with E-state index in [1.807, 2.05) is 0 Å². The summed E-state index contributed by atoms with van der Waals surface area (Å²) in [4.78, 5) is 0. The fourth-order valence-electron chi connectivity index (χ4n) is 1.93. The molecule has 0 saturated carbocycles. The van der Waals surface area contributed by atoms with Crippen LogP contribution in [0, 0.1) is 13.8 Å². The van der Waals surface area contributed by atoms with Crippen LogP contribution in [-0.4, -0.2) is 19.3 Å². The van der Waals surface area contributed by atoms with E-state index in [1.54, 1.807) is 38.1 Å². The van der Waals surface area contributed by atoms with Crippen LogP contribution >= 0.6 is 0 Å². The summed E-state index contributed by atoms with van der Waals surface area (Å²) in [6.07, 6.45) is 0. The Labute approximate surface area is 112 Å². The first-order valence-electron chi connectivity index (χ1n) is 6.00. The highest BCUT2D eigenvalue weighted by atomic mass is 32.2. The van der Waals surface area contributed by atoms with Gasteiger partial charge in [-0.1, -0.05) is 24.3 Å². The lowest BCUT2D eigenvalue weighted by Gasteiger charge is -2.15. The van der Waals surface area contributed by atoms with Crippen molar-refractivity contribution in [1.29, 1.82) is 0 Å². The van der Waals surface area contributed by atoms with Crippen molar-refractivity contribution in [3.63, 3.8) is 0 Å². The molecule has 0 fully saturated rings. The Morgan fingerprint density at radius 3 is 2.26 bits per heavy atom. The van der Waals surface area contributed by atoms with E-state index in [0.717, 1.165) is 0 Å². The number of benzene rings is 2. The van der Waals surface area contributed by atoms with Gasteiger partial charge in [-0.05, 0) is 26.3 Å². The minimum Gasteiger partial charge on any atom is -0.507 e. The van der Waals surface area contributed by atoms with E-state index >= 15 is 0 Å². The van der Waals surface area contributed by atoms with Gasteiger partial charge < -0.3 is 9.29 Å². The Morgan fingerprint density at radius 2 is 1.68 bits per heavy atom. The van der Waals surface area contributed by atoms with Crippen LogP contribution in [0.4, 0.5) is 0 Å². The molecular formula is C14H16O4S. The average molecular weight is 280 g/mol. The van der Waals surface area contributed by atoms with Crippen molar-refractivity contribution < 1.29 is 17.7 Å². The maximum Gasteiger partial charge on any atom is 0.308 e. The molecule has 0 spiro atoms. The Balaban J connectivity index is 2.80. The zero-order valence-electron chi connectivity index (χ0n) is 11.1. The Kier molecular flexibility index (Phi) is 3.41. The van der Waals surface area contributed by atoms with Gasteiger partial charge in [0.25, 0.3) is 0 Å². The SMILES string of the molecule is CCS(=O)(=O)Oc1c(C)c(C)c(O)c2ccccc12. The molecule has 0 radical (unpaired) electrons. The summed E-state index contributed by atoms with van der Waals surface area (Å²) in [5.41, 5.74) is 1.26. The quantitative estimate of drug-likeness (QED) is 0.878. The molecule has 0 heterocycles. The highest BCUT2D eigenvalue weighted by Crippen LogP contribution is 2.39. The molecule has 0 unspecified atom stereocenters. The number of fused-ring (bicyclic) bond motifs is 1. The van der Waals surface area contributed by atoms with E-state index in [4.69, 9.17) is 4.18 Å². The van der Waals surface area contributed by atoms with E-state index in [2.05, 4.69) is 0 Å². The van der Waals surface area contributed by atoms with Gasteiger partial charge in [0.2, 0.25) is 0 Å². The second-order valence-electron chi connectivity index (χ2n) is 4.40. The normalized spacial score (nSPS) is 11.7. The molecule has 102 valence electrons. The minimum absolute atomic E-state index is 0.0965. The molecule has 1 N–H and O–H groups in total. The third kappa shape index (κ3) is 2.38. The molecule has 0 bridgehead atoms. The summed E-state index contributed by atoms with van der Waals surface area (Å²) in [5.74, 6) is 0.364. The van der Waals surface area contributed by atoms with Crippen molar-refractivity contribution >= 4 is 20.9 Å². The maximum atomic E-state index is 11.7. The molecular weight excluding hydrogens is 264 g/mol. The van der Waals surface area contributed by atoms with Gasteiger partial charge in [0.05, 0.1) is 5.75 Å². The highest BCUT2D eigenvalue weighted by Gasteiger charge is 2.19.